The average molecular weight is 253 g/mol. The summed E-state index contributed by atoms with van der Waals surface area (Å²) in [7, 11) is 0. The monoisotopic (exact) mass is 253 g/mol. The Morgan fingerprint density at radius 1 is 1.22 bits per heavy atom. The number of nitrogens with two attached hydrogens (primary N) is 1. The molecule has 0 aromatic rings. The molecule has 4 heteroatoms. The maximum Gasteiger partial charge on any atom is 0.320 e. The summed E-state index contributed by atoms with van der Waals surface area (Å²) in [5.41, 5.74) is 5.67. The van der Waals surface area contributed by atoms with Gasteiger partial charge in [-0.2, -0.15) is 0 Å². The molecule has 2 fully saturated rings. The molecule has 0 spiro atoms. The van der Waals surface area contributed by atoms with Crippen LogP contribution in [0, 0.1) is 5.92 Å². The summed E-state index contributed by atoms with van der Waals surface area (Å²) < 4.78 is 0. The molecule has 1 saturated carbocycles. The van der Waals surface area contributed by atoms with Crippen molar-refractivity contribution in [2.24, 2.45) is 11.7 Å². The Morgan fingerprint density at radius 3 is 2.39 bits per heavy atom. The van der Waals surface area contributed by atoms with Gasteiger partial charge < -0.3 is 15.5 Å². The van der Waals surface area contributed by atoms with Gasteiger partial charge in [-0.25, -0.2) is 4.79 Å². The molecule has 2 amide bonds. The van der Waals surface area contributed by atoms with Crippen molar-refractivity contribution in [3.05, 3.63) is 0 Å². The van der Waals surface area contributed by atoms with Crippen LogP contribution in [0.15, 0.2) is 0 Å². The first-order chi connectivity index (χ1) is 8.72. The lowest BCUT2D eigenvalue weighted by Crippen LogP contribution is -2.51. The minimum absolute atomic E-state index is 0.235. The Morgan fingerprint density at radius 2 is 1.83 bits per heavy atom. The topological polar surface area (TPSA) is 49.6 Å². The van der Waals surface area contributed by atoms with Crippen molar-refractivity contribution in [2.45, 2.75) is 51.5 Å². The highest BCUT2D eigenvalue weighted by Crippen LogP contribution is 2.25. The molecule has 1 aliphatic heterocycles. The van der Waals surface area contributed by atoms with E-state index in [-0.39, 0.29) is 6.03 Å². The minimum Gasteiger partial charge on any atom is -0.329 e. The van der Waals surface area contributed by atoms with E-state index in [4.69, 9.17) is 5.73 Å². The molecule has 2 N–H and O–H groups in total. The number of carbonyl (C=O) groups is 1. The largest absolute Gasteiger partial charge is 0.329 e. The fourth-order valence-electron chi connectivity index (χ4n) is 3.17. The fourth-order valence-corrected chi connectivity index (χ4v) is 3.17. The lowest BCUT2D eigenvalue weighted by molar-refractivity contribution is 0.119. The van der Waals surface area contributed by atoms with Gasteiger partial charge in [0.25, 0.3) is 0 Å². The van der Waals surface area contributed by atoms with Crippen molar-refractivity contribution < 1.29 is 4.79 Å². The van der Waals surface area contributed by atoms with Crippen LogP contribution < -0.4 is 5.73 Å². The molecule has 0 atom stereocenters. The number of amides is 2. The highest BCUT2D eigenvalue weighted by molar-refractivity contribution is 5.75. The molecule has 0 aromatic carbocycles. The first-order valence-corrected chi connectivity index (χ1v) is 7.48. The number of nitrogens with zero attached hydrogens (tertiary/aromatic N) is 2. The molecule has 1 saturated heterocycles. The number of urea groups is 1. The van der Waals surface area contributed by atoms with Crippen LogP contribution in [0.4, 0.5) is 4.79 Å². The molecule has 4 nitrogen and oxygen atoms in total. The Hall–Kier alpha value is -0.770. The van der Waals surface area contributed by atoms with Gasteiger partial charge >= 0.3 is 6.03 Å². The molecule has 0 bridgehead atoms. The number of rotatable bonds is 3. The van der Waals surface area contributed by atoms with Crippen molar-refractivity contribution >= 4 is 6.03 Å². The summed E-state index contributed by atoms with van der Waals surface area (Å²) in [6.07, 6.45) is 7.14. The van der Waals surface area contributed by atoms with Crippen molar-refractivity contribution in [1.29, 1.82) is 0 Å². The normalized spacial score (nSPS) is 22.4. The van der Waals surface area contributed by atoms with E-state index in [1.165, 1.54) is 12.8 Å². The van der Waals surface area contributed by atoms with Crippen molar-refractivity contribution in [1.82, 2.24) is 9.80 Å². The van der Waals surface area contributed by atoms with Gasteiger partial charge in [-0.15, -0.1) is 0 Å². The summed E-state index contributed by atoms with van der Waals surface area (Å²) in [6, 6.07) is 0.680. The van der Waals surface area contributed by atoms with Gasteiger partial charge in [-0.05, 0) is 31.6 Å². The van der Waals surface area contributed by atoms with E-state index in [1.807, 2.05) is 9.80 Å². The second-order valence-electron chi connectivity index (χ2n) is 5.87. The molecular formula is C14H27N3O. The molecule has 1 aliphatic carbocycles. The van der Waals surface area contributed by atoms with Crippen LogP contribution in [0.3, 0.4) is 0 Å². The number of hydrogen-bond donors (Lipinski definition) is 1. The zero-order valence-electron chi connectivity index (χ0n) is 11.6. The molecule has 104 valence electrons. The molecule has 1 heterocycles. The van der Waals surface area contributed by atoms with Gasteiger partial charge in [0.1, 0.15) is 0 Å². The quantitative estimate of drug-likeness (QED) is 0.837. The Bertz CT molecular complexity index is 268. The Labute approximate surface area is 110 Å². The molecule has 0 unspecified atom stereocenters. The van der Waals surface area contributed by atoms with Gasteiger partial charge in [0.2, 0.25) is 0 Å². The number of hydrogen-bond acceptors (Lipinski definition) is 2. The second-order valence-corrected chi connectivity index (χ2v) is 5.87. The molecular weight excluding hydrogens is 226 g/mol. The predicted octanol–water partition coefficient (Wildman–Crippen LogP) is 2.04. The van der Waals surface area contributed by atoms with Crippen LogP contribution in [0.25, 0.3) is 0 Å². The van der Waals surface area contributed by atoms with Crippen molar-refractivity contribution in [2.75, 3.05) is 26.2 Å². The number of piperidine rings is 1. The standard InChI is InChI=1S/C14H27N3O/c1-12-6-9-16(10-7-12)14(18)17(11-8-15)13-4-2-3-5-13/h12-13H,2-11,15H2,1H3. The van der Waals surface area contributed by atoms with Crippen molar-refractivity contribution in [3.8, 4) is 0 Å². The lowest BCUT2D eigenvalue weighted by atomic mass is 9.99. The number of likely N-dealkylation sites (tertiary alicyclic amines) is 1. The first-order valence-electron chi connectivity index (χ1n) is 7.48. The second kappa shape index (κ2) is 6.41. The van der Waals surface area contributed by atoms with Crippen LogP contribution in [0.1, 0.15) is 45.4 Å². The molecule has 0 aromatic heterocycles. The smallest absolute Gasteiger partial charge is 0.320 e. The van der Waals surface area contributed by atoms with E-state index in [9.17, 15) is 4.79 Å². The van der Waals surface area contributed by atoms with E-state index in [1.54, 1.807) is 0 Å². The van der Waals surface area contributed by atoms with Crippen LogP contribution in [-0.2, 0) is 0 Å². The third-order valence-corrected chi connectivity index (χ3v) is 4.44. The maximum absolute atomic E-state index is 12.6. The molecule has 2 aliphatic rings. The van der Waals surface area contributed by atoms with Crippen LogP contribution in [0.2, 0.25) is 0 Å². The summed E-state index contributed by atoms with van der Waals surface area (Å²) >= 11 is 0. The summed E-state index contributed by atoms with van der Waals surface area (Å²) in [5.74, 6) is 0.767. The van der Waals surface area contributed by atoms with Gasteiger partial charge in [0.05, 0.1) is 0 Å². The third kappa shape index (κ3) is 3.16. The number of carbonyl (C=O) groups excluding carboxylic acids is 1. The molecule has 0 radical (unpaired) electrons. The van der Waals surface area contributed by atoms with E-state index in [2.05, 4.69) is 6.92 Å². The van der Waals surface area contributed by atoms with Gasteiger partial charge in [0.15, 0.2) is 0 Å². The predicted molar refractivity (Wildman–Crippen MR) is 73.4 cm³/mol. The highest BCUT2D eigenvalue weighted by atomic mass is 16.2. The fraction of sp³-hybridized carbons (Fsp3) is 0.929. The summed E-state index contributed by atoms with van der Waals surface area (Å²) in [5, 5.41) is 0. The zero-order chi connectivity index (χ0) is 13.0. The third-order valence-electron chi connectivity index (χ3n) is 4.44. The first kappa shape index (κ1) is 13.7. The molecule has 2 rings (SSSR count). The van der Waals surface area contributed by atoms with E-state index in [0.29, 0.717) is 12.6 Å². The summed E-state index contributed by atoms with van der Waals surface area (Å²) in [4.78, 5) is 16.7. The molecule has 18 heavy (non-hydrogen) atoms. The van der Waals surface area contributed by atoms with Gasteiger partial charge in [-0.3, -0.25) is 0 Å². The zero-order valence-corrected chi connectivity index (χ0v) is 11.6. The van der Waals surface area contributed by atoms with E-state index in [0.717, 1.165) is 51.2 Å². The lowest BCUT2D eigenvalue weighted by Gasteiger charge is -2.37. The van der Waals surface area contributed by atoms with Gasteiger partial charge in [-0.1, -0.05) is 19.8 Å². The van der Waals surface area contributed by atoms with E-state index < -0.39 is 0 Å². The SMILES string of the molecule is CC1CCN(C(=O)N(CCN)C2CCCC2)CC1. The minimum atomic E-state index is 0.235. The van der Waals surface area contributed by atoms with Gasteiger partial charge in [0, 0.05) is 32.2 Å². The van der Waals surface area contributed by atoms with Crippen molar-refractivity contribution in [3.63, 3.8) is 0 Å². The maximum atomic E-state index is 12.6. The Balaban J connectivity index is 1.94. The van der Waals surface area contributed by atoms with Crippen LogP contribution in [-0.4, -0.2) is 48.1 Å². The van der Waals surface area contributed by atoms with Crippen LogP contribution >= 0.6 is 0 Å². The summed E-state index contributed by atoms with van der Waals surface area (Å²) in [6.45, 7) is 5.42. The Kier molecular flexibility index (Phi) is 4.87. The highest BCUT2D eigenvalue weighted by Gasteiger charge is 2.30. The van der Waals surface area contributed by atoms with E-state index >= 15 is 0 Å². The average Bonchev–Trinajstić information content (AvgIpc) is 2.90. The van der Waals surface area contributed by atoms with Crippen LogP contribution in [0.5, 0.6) is 0 Å².